The van der Waals surface area contributed by atoms with Crippen LogP contribution >= 0.6 is 11.3 Å². The number of hydrogen-bond acceptors (Lipinski definition) is 5. The van der Waals surface area contributed by atoms with Gasteiger partial charge >= 0.3 is 0 Å². The van der Waals surface area contributed by atoms with Crippen molar-refractivity contribution in [1.82, 2.24) is 10.3 Å². The molecule has 0 spiro atoms. The summed E-state index contributed by atoms with van der Waals surface area (Å²) in [6, 6.07) is 9.44. The normalized spacial score (nSPS) is 22.3. The summed E-state index contributed by atoms with van der Waals surface area (Å²) >= 11 is 1.43. The first-order valence-electron chi connectivity index (χ1n) is 9.43. The van der Waals surface area contributed by atoms with Crippen LogP contribution in [0.2, 0.25) is 0 Å². The van der Waals surface area contributed by atoms with E-state index in [0.29, 0.717) is 17.6 Å². The average Bonchev–Trinajstić information content (AvgIpc) is 3.09. The van der Waals surface area contributed by atoms with E-state index in [0.717, 1.165) is 39.2 Å². The third kappa shape index (κ3) is 3.59. The maximum Gasteiger partial charge on any atom is 0.251 e. The molecule has 0 aliphatic carbocycles. The van der Waals surface area contributed by atoms with E-state index < -0.39 is 5.91 Å². The number of anilines is 1. The molecule has 0 radical (unpaired) electrons. The number of nitrogens with two attached hydrogens (primary N) is 1. The Balaban J connectivity index is 1.77. The Morgan fingerprint density at radius 2 is 2.14 bits per heavy atom. The van der Waals surface area contributed by atoms with Crippen LogP contribution in [0.4, 0.5) is 10.2 Å². The van der Waals surface area contributed by atoms with Crippen LogP contribution in [0.1, 0.15) is 37.0 Å². The molecule has 1 saturated heterocycles. The minimum atomic E-state index is -0.516. The quantitative estimate of drug-likeness (QED) is 0.617. The van der Waals surface area contributed by atoms with Crippen molar-refractivity contribution >= 4 is 33.1 Å². The molecule has 146 valence electrons. The first kappa shape index (κ1) is 18.8. The highest BCUT2D eigenvalue weighted by molar-refractivity contribution is 7.22. The number of halogens is 1. The fraction of sp³-hybridized carbons (Fsp3) is 0.333. The number of nitrogens with one attached hydrogen (secondary N) is 2. The number of aromatic nitrogens is 1. The van der Waals surface area contributed by atoms with Crippen LogP contribution in [-0.4, -0.2) is 29.0 Å². The van der Waals surface area contributed by atoms with Gasteiger partial charge in [-0.25, -0.2) is 9.37 Å². The predicted octanol–water partition coefficient (Wildman–Crippen LogP) is 4.14. The van der Waals surface area contributed by atoms with E-state index in [4.69, 9.17) is 5.73 Å². The number of hydrogen-bond donors (Lipinski definition) is 3. The minimum Gasteiger partial charge on any atom is -0.366 e. The Labute approximate surface area is 167 Å². The predicted molar refractivity (Wildman–Crippen MR) is 112 cm³/mol. The molecule has 3 atom stereocenters. The van der Waals surface area contributed by atoms with Gasteiger partial charge in [0.2, 0.25) is 0 Å². The number of fused-ring (bicyclic) bond motifs is 1. The van der Waals surface area contributed by atoms with Gasteiger partial charge in [-0.2, -0.15) is 0 Å². The molecule has 3 heterocycles. The van der Waals surface area contributed by atoms with Crippen molar-refractivity contribution in [3.05, 3.63) is 47.9 Å². The van der Waals surface area contributed by atoms with Gasteiger partial charge < -0.3 is 16.4 Å². The molecule has 28 heavy (non-hydrogen) atoms. The van der Waals surface area contributed by atoms with Crippen molar-refractivity contribution in [1.29, 1.82) is 0 Å². The zero-order chi connectivity index (χ0) is 19.8. The molecule has 1 amide bonds. The molecule has 3 aromatic rings. The molecule has 0 saturated carbocycles. The highest BCUT2D eigenvalue weighted by Crippen LogP contribution is 2.38. The topological polar surface area (TPSA) is 80.0 Å². The lowest BCUT2D eigenvalue weighted by Crippen LogP contribution is -2.50. The van der Waals surface area contributed by atoms with Crippen molar-refractivity contribution in [2.75, 3.05) is 5.32 Å². The lowest BCUT2D eigenvalue weighted by Gasteiger charge is -2.35. The van der Waals surface area contributed by atoms with Gasteiger partial charge in [-0.3, -0.25) is 4.79 Å². The highest BCUT2D eigenvalue weighted by Gasteiger charge is 2.26. The first-order valence-corrected chi connectivity index (χ1v) is 10.2. The summed E-state index contributed by atoms with van der Waals surface area (Å²) in [5.74, 6) is -0.0805. The molecular weight excluding hydrogens is 375 g/mol. The maximum atomic E-state index is 13.7. The standard InChI is InChI=1S/C21H23FN4OS/c1-11-6-7-17(12(2)25-11)26-21-15-9-18(13-4-3-5-14(22)8-13)28-19(15)16(10-24-21)20(23)27/h3-5,8-12,17,25H,6-7H2,1-2H3,(H2,23,27)(H,24,26). The number of amides is 1. The summed E-state index contributed by atoms with van der Waals surface area (Å²) in [5.41, 5.74) is 6.71. The third-order valence-electron chi connectivity index (χ3n) is 5.31. The number of thiophene rings is 1. The average molecular weight is 399 g/mol. The number of nitrogens with zero attached hydrogens (tertiary/aromatic N) is 1. The number of pyridine rings is 1. The van der Waals surface area contributed by atoms with E-state index in [1.165, 1.54) is 29.7 Å². The summed E-state index contributed by atoms with van der Waals surface area (Å²) in [6.45, 7) is 4.35. The van der Waals surface area contributed by atoms with Crippen LogP contribution in [0.25, 0.3) is 20.5 Å². The number of primary amides is 1. The lowest BCUT2D eigenvalue weighted by molar-refractivity contribution is 0.100. The molecule has 4 N–H and O–H groups in total. The summed E-state index contributed by atoms with van der Waals surface area (Å²) in [6.07, 6.45) is 3.65. The molecule has 1 aliphatic rings. The number of rotatable bonds is 4. The van der Waals surface area contributed by atoms with Crippen molar-refractivity contribution in [2.24, 2.45) is 5.73 Å². The second-order valence-corrected chi connectivity index (χ2v) is 8.49. The Morgan fingerprint density at radius 3 is 2.86 bits per heavy atom. The van der Waals surface area contributed by atoms with Gasteiger partial charge in [-0.1, -0.05) is 12.1 Å². The van der Waals surface area contributed by atoms with Crippen LogP contribution in [-0.2, 0) is 0 Å². The van der Waals surface area contributed by atoms with Gasteiger partial charge in [0.25, 0.3) is 5.91 Å². The fourth-order valence-corrected chi connectivity index (χ4v) is 4.97. The zero-order valence-electron chi connectivity index (χ0n) is 15.8. The summed E-state index contributed by atoms with van der Waals surface area (Å²) in [4.78, 5) is 17.3. The van der Waals surface area contributed by atoms with Crippen LogP contribution < -0.4 is 16.4 Å². The fourth-order valence-electron chi connectivity index (χ4n) is 3.80. The Morgan fingerprint density at radius 1 is 1.32 bits per heavy atom. The molecule has 4 rings (SSSR count). The Hall–Kier alpha value is -2.51. The monoisotopic (exact) mass is 398 g/mol. The number of benzene rings is 1. The van der Waals surface area contributed by atoms with Gasteiger partial charge in [0.1, 0.15) is 11.6 Å². The number of carbonyl (C=O) groups excluding carboxylic acids is 1. The van der Waals surface area contributed by atoms with Crippen molar-refractivity contribution in [3.8, 4) is 10.4 Å². The summed E-state index contributed by atoms with van der Waals surface area (Å²) < 4.78 is 14.4. The van der Waals surface area contributed by atoms with E-state index in [1.54, 1.807) is 6.07 Å². The molecule has 0 bridgehead atoms. The maximum absolute atomic E-state index is 13.7. The second kappa shape index (κ2) is 7.48. The van der Waals surface area contributed by atoms with Crippen LogP contribution in [0.5, 0.6) is 0 Å². The third-order valence-corrected chi connectivity index (χ3v) is 6.53. The molecule has 1 aromatic carbocycles. The SMILES string of the molecule is CC1CCC(Nc2ncc(C(N)=O)c3sc(-c4cccc(F)c4)cc23)C(C)N1. The lowest BCUT2D eigenvalue weighted by atomic mass is 9.95. The molecule has 5 nitrogen and oxygen atoms in total. The highest BCUT2D eigenvalue weighted by atomic mass is 32.1. The van der Waals surface area contributed by atoms with E-state index >= 15 is 0 Å². The number of carbonyl (C=O) groups is 1. The van der Waals surface area contributed by atoms with Crippen molar-refractivity contribution in [3.63, 3.8) is 0 Å². The second-order valence-electron chi connectivity index (χ2n) is 7.43. The molecule has 7 heteroatoms. The number of piperidine rings is 1. The molecule has 1 aliphatic heterocycles. The van der Waals surface area contributed by atoms with E-state index in [-0.39, 0.29) is 11.9 Å². The molecular formula is C21H23FN4OS. The first-order chi connectivity index (χ1) is 13.4. The van der Waals surface area contributed by atoms with E-state index in [1.807, 2.05) is 12.1 Å². The minimum absolute atomic E-state index is 0.240. The summed E-state index contributed by atoms with van der Waals surface area (Å²) in [7, 11) is 0. The van der Waals surface area contributed by atoms with Crippen LogP contribution in [0, 0.1) is 5.82 Å². The van der Waals surface area contributed by atoms with E-state index in [9.17, 15) is 9.18 Å². The van der Waals surface area contributed by atoms with Gasteiger partial charge in [0.05, 0.1) is 10.3 Å². The summed E-state index contributed by atoms with van der Waals surface area (Å²) in [5, 5.41) is 7.94. The Bertz CT molecular complexity index is 1030. The van der Waals surface area contributed by atoms with E-state index in [2.05, 4.69) is 29.5 Å². The van der Waals surface area contributed by atoms with Crippen LogP contribution in [0.3, 0.4) is 0 Å². The Kier molecular flexibility index (Phi) is 5.03. The largest absolute Gasteiger partial charge is 0.366 e. The molecule has 3 unspecified atom stereocenters. The van der Waals surface area contributed by atoms with Gasteiger partial charge in [0.15, 0.2) is 0 Å². The van der Waals surface area contributed by atoms with Crippen LogP contribution in [0.15, 0.2) is 36.5 Å². The molecule has 2 aromatic heterocycles. The van der Waals surface area contributed by atoms with Crippen molar-refractivity contribution < 1.29 is 9.18 Å². The zero-order valence-corrected chi connectivity index (χ0v) is 16.6. The molecule has 1 fully saturated rings. The van der Waals surface area contributed by atoms with Gasteiger partial charge in [-0.15, -0.1) is 11.3 Å². The smallest absolute Gasteiger partial charge is 0.251 e. The van der Waals surface area contributed by atoms with Gasteiger partial charge in [-0.05, 0) is 50.5 Å². The van der Waals surface area contributed by atoms with Crippen molar-refractivity contribution in [2.45, 2.75) is 44.8 Å². The van der Waals surface area contributed by atoms with Gasteiger partial charge in [0, 0.05) is 34.6 Å².